The second-order valence-electron chi connectivity index (χ2n) is 7.15. The number of hydrogen-bond donors (Lipinski definition) is 3. The van der Waals surface area contributed by atoms with Crippen LogP contribution >= 0.6 is 0 Å². The Kier molecular flexibility index (Phi) is 8.39. The number of ether oxygens (including phenoxy) is 2. The Hall–Kier alpha value is -3.65. The van der Waals surface area contributed by atoms with Gasteiger partial charge < -0.3 is 25.8 Å². The molecule has 0 aliphatic rings. The zero-order valence-corrected chi connectivity index (χ0v) is 18.4. The van der Waals surface area contributed by atoms with Gasteiger partial charge in [-0.2, -0.15) is 0 Å². The van der Waals surface area contributed by atoms with E-state index in [1.54, 1.807) is 20.4 Å². The van der Waals surface area contributed by atoms with E-state index in [9.17, 15) is 4.79 Å². The monoisotopic (exact) mass is 435 g/mol. The normalized spacial score (nSPS) is 10.5. The lowest BCUT2D eigenvalue weighted by Crippen LogP contribution is -2.13. The van der Waals surface area contributed by atoms with Gasteiger partial charge in [0.15, 0.2) is 11.5 Å². The van der Waals surface area contributed by atoms with Crippen LogP contribution in [0.3, 0.4) is 0 Å². The Morgan fingerprint density at radius 1 is 1.06 bits per heavy atom. The third-order valence-electron chi connectivity index (χ3n) is 4.85. The molecule has 0 unspecified atom stereocenters. The summed E-state index contributed by atoms with van der Waals surface area (Å²) in [5.74, 6) is 1.91. The van der Waals surface area contributed by atoms with Crippen LogP contribution in [0.25, 0.3) is 11.3 Å². The second kappa shape index (κ2) is 11.7. The van der Waals surface area contributed by atoms with Gasteiger partial charge in [-0.1, -0.05) is 18.2 Å². The van der Waals surface area contributed by atoms with Gasteiger partial charge >= 0.3 is 0 Å². The zero-order chi connectivity index (χ0) is 22.8. The number of carbonyl (C=O) groups is 1. The summed E-state index contributed by atoms with van der Waals surface area (Å²) in [4.78, 5) is 20.9. The van der Waals surface area contributed by atoms with Crippen LogP contribution < -0.4 is 25.8 Å². The lowest BCUT2D eigenvalue weighted by molar-refractivity contribution is -0.116. The van der Waals surface area contributed by atoms with Crippen molar-refractivity contribution in [3.63, 3.8) is 0 Å². The quantitative estimate of drug-likeness (QED) is 0.423. The van der Waals surface area contributed by atoms with E-state index >= 15 is 0 Å². The third kappa shape index (κ3) is 6.42. The predicted octanol–water partition coefficient (Wildman–Crippen LogP) is 3.49. The van der Waals surface area contributed by atoms with Gasteiger partial charge in [-0.3, -0.25) is 4.79 Å². The Labute approximate surface area is 188 Å². The summed E-state index contributed by atoms with van der Waals surface area (Å²) >= 11 is 0. The number of benzene rings is 2. The lowest BCUT2D eigenvalue weighted by atomic mass is 10.1. The molecule has 0 bridgehead atoms. The number of aromatic nitrogens is 2. The number of methoxy groups -OCH3 is 2. The van der Waals surface area contributed by atoms with Crippen molar-refractivity contribution in [3.05, 3.63) is 60.3 Å². The number of hydrogen-bond acceptors (Lipinski definition) is 7. The molecule has 32 heavy (non-hydrogen) atoms. The fraction of sp³-hybridized carbons (Fsp3) is 0.292. The highest BCUT2D eigenvalue weighted by molar-refractivity contribution is 5.91. The highest BCUT2D eigenvalue weighted by Gasteiger charge is 2.07. The topological polar surface area (TPSA) is 111 Å². The van der Waals surface area contributed by atoms with Crippen LogP contribution in [0.2, 0.25) is 0 Å². The van der Waals surface area contributed by atoms with Gasteiger partial charge in [0.2, 0.25) is 11.9 Å². The largest absolute Gasteiger partial charge is 0.493 e. The predicted molar refractivity (Wildman–Crippen MR) is 126 cm³/mol. The van der Waals surface area contributed by atoms with Crippen molar-refractivity contribution < 1.29 is 14.3 Å². The van der Waals surface area contributed by atoms with Gasteiger partial charge in [0, 0.05) is 30.4 Å². The molecule has 3 rings (SSSR count). The molecule has 1 amide bonds. The molecule has 1 heterocycles. The standard InChI is InChI=1S/C24H29N5O3/c1-31-21-9-8-17(15-22(21)32-2)10-13-26-24-27-14-11-20(29-24)18-5-3-6-19(16-18)28-23(30)7-4-12-25/h3,5-6,8-9,11,14-16H,4,7,10,12-13,25H2,1-2H3,(H,28,30)(H,26,27,29). The minimum atomic E-state index is -0.0483. The molecule has 168 valence electrons. The summed E-state index contributed by atoms with van der Waals surface area (Å²) in [6.07, 6.45) is 3.56. The smallest absolute Gasteiger partial charge is 0.224 e. The van der Waals surface area contributed by atoms with E-state index in [-0.39, 0.29) is 5.91 Å². The highest BCUT2D eigenvalue weighted by Crippen LogP contribution is 2.27. The Balaban J connectivity index is 1.62. The van der Waals surface area contributed by atoms with E-state index in [0.29, 0.717) is 43.4 Å². The van der Waals surface area contributed by atoms with E-state index in [0.717, 1.165) is 28.9 Å². The summed E-state index contributed by atoms with van der Waals surface area (Å²) in [6.45, 7) is 1.16. The number of nitrogens with one attached hydrogen (secondary N) is 2. The molecule has 0 spiro atoms. The third-order valence-corrected chi connectivity index (χ3v) is 4.85. The van der Waals surface area contributed by atoms with Crippen molar-refractivity contribution in [1.82, 2.24) is 9.97 Å². The van der Waals surface area contributed by atoms with Crippen molar-refractivity contribution in [3.8, 4) is 22.8 Å². The number of carbonyl (C=O) groups excluding carboxylic acids is 1. The van der Waals surface area contributed by atoms with Crippen molar-refractivity contribution in [2.75, 3.05) is 37.9 Å². The van der Waals surface area contributed by atoms with Gasteiger partial charge in [0.05, 0.1) is 19.9 Å². The van der Waals surface area contributed by atoms with Crippen molar-refractivity contribution in [1.29, 1.82) is 0 Å². The summed E-state index contributed by atoms with van der Waals surface area (Å²) < 4.78 is 10.6. The van der Waals surface area contributed by atoms with E-state index < -0.39 is 0 Å². The molecule has 0 atom stereocenters. The molecule has 0 aliphatic heterocycles. The average molecular weight is 436 g/mol. The molecule has 1 aromatic heterocycles. The summed E-state index contributed by atoms with van der Waals surface area (Å²) in [5.41, 5.74) is 8.97. The lowest BCUT2D eigenvalue weighted by Gasteiger charge is -2.11. The van der Waals surface area contributed by atoms with Crippen molar-refractivity contribution in [2.24, 2.45) is 5.73 Å². The number of nitrogens with two attached hydrogens (primary N) is 1. The fourth-order valence-corrected chi connectivity index (χ4v) is 3.20. The van der Waals surface area contributed by atoms with Gasteiger partial charge in [-0.15, -0.1) is 0 Å². The molecule has 0 fully saturated rings. The van der Waals surface area contributed by atoms with Crippen molar-refractivity contribution in [2.45, 2.75) is 19.3 Å². The first-order valence-corrected chi connectivity index (χ1v) is 10.5. The second-order valence-corrected chi connectivity index (χ2v) is 7.15. The van der Waals surface area contributed by atoms with Crippen LogP contribution in [-0.4, -0.2) is 43.2 Å². The van der Waals surface area contributed by atoms with Crippen LogP contribution in [0.5, 0.6) is 11.5 Å². The van der Waals surface area contributed by atoms with E-state index in [2.05, 4.69) is 20.6 Å². The zero-order valence-electron chi connectivity index (χ0n) is 18.4. The van der Waals surface area contributed by atoms with Crippen LogP contribution in [0, 0.1) is 0 Å². The Morgan fingerprint density at radius 2 is 1.91 bits per heavy atom. The number of rotatable bonds is 11. The number of nitrogens with zero attached hydrogens (tertiary/aromatic N) is 2. The van der Waals surface area contributed by atoms with E-state index in [1.807, 2.05) is 48.5 Å². The minimum absolute atomic E-state index is 0.0483. The van der Waals surface area contributed by atoms with Gasteiger partial charge in [0.1, 0.15) is 0 Å². The van der Waals surface area contributed by atoms with Crippen LogP contribution in [0.15, 0.2) is 54.7 Å². The Morgan fingerprint density at radius 3 is 2.69 bits per heavy atom. The molecule has 2 aromatic carbocycles. The molecule has 8 heteroatoms. The summed E-state index contributed by atoms with van der Waals surface area (Å²) in [6, 6.07) is 15.3. The SMILES string of the molecule is COc1ccc(CCNc2nccc(-c3cccc(NC(=O)CCCN)c3)n2)cc1OC. The molecule has 0 saturated heterocycles. The maximum absolute atomic E-state index is 12.0. The number of amides is 1. The fourth-order valence-electron chi connectivity index (χ4n) is 3.20. The van der Waals surface area contributed by atoms with E-state index in [1.165, 1.54) is 0 Å². The molecule has 0 aliphatic carbocycles. The molecule has 4 N–H and O–H groups in total. The molecular formula is C24H29N5O3. The highest BCUT2D eigenvalue weighted by atomic mass is 16.5. The van der Waals surface area contributed by atoms with Crippen molar-refractivity contribution >= 4 is 17.5 Å². The van der Waals surface area contributed by atoms with Crippen LogP contribution in [0.4, 0.5) is 11.6 Å². The molecule has 0 radical (unpaired) electrons. The van der Waals surface area contributed by atoms with Gasteiger partial charge in [-0.05, 0) is 55.3 Å². The molecule has 8 nitrogen and oxygen atoms in total. The maximum atomic E-state index is 12.0. The van der Waals surface area contributed by atoms with Crippen LogP contribution in [-0.2, 0) is 11.2 Å². The molecular weight excluding hydrogens is 406 g/mol. The minimum Gasteiger partial charge on any atom is -0.493 e. The first kappa shape index (κ1) is 23.0. The van der Waals surface area contributed by atoms with Gasteiger partial charge in [0.25, 0.3) is 0 Å². The maximum Gasteiger partial charge on any atom is 0.224 e. The molecule has 3 aromatic rings. The first-order chi connectivity index (χ1) is 15.6. The molecule has 0 saturated carbocycles. The first-order valence-electron chi connectivity index (χ1n) is 10.5. The van der Waals surface area contributed by atoms with E-state index in [4.69, 9.17) is 15.2 Å². The van der Waals surface area contributed by atoms with Crippen LogP contribution in [0.1, 0.15) is 18.4 Å². The van der Waals surface area contributed by atoms with Gasteiger partial charge in [-0.25, -0.2) is 9.97 Å². The Bertz CT molecular complexity index is 1040. The average Bonchev–Trinajstić information content (AvgIpc) is 2.83. The number of anilines is 2. The summed E-state index contributed by atoms with van der Waals surface area (Å²) in [5, 5.41) is 6.16. The summed E-state index contributed by atoms with van der Waals surface area (Å²) in [7, 11) is 3.24.